The molecule has 0 aromatic heterocycles. The van der Waals surface area contributed by atoms with E-state index < -0.39 is 9.84 Å². The van der Waals surface area contributed by atoms with E-state index in [0.29, 0.717) is 13.0 Å². The third-order valence-corrected chi connectivity index (χ3v) is 7.13. The molecular formula is C14H16BrNO3S. The largest absolute Gasteiger partial charge is 0.352 e. The number of hydrogen-bond donors (Lipinski definition) is 1. The number of benzene rings is 1. The van der Waals surface area contributed by atoms with Gasteiger partial charge in [-0.3, -0.25) is 4.79 Å². The number of amides is 1. The second kappa shape index (κ2) is 5.15. The number of carbonyl (C=O) groups is 1. The van der Waals surface area contributed by atoms with Gasteiger partial charge in [-0.15, -0.1) is 0 Å². The number of sulfone groups is 1. The van der Waals surface area contributed by atoms with Crippen molar-refractivity contribution in [3.8, 4) is 0 Å². The Bertz CT molecular complexity index is 656. The van der Waals surface area contributed by atoms with Gasteiger partial charge >= 0.3 is 0 Å². The molecule has 0 spiro atoms. The third-order valence-electron chi connectivity index (χ3n) is 4.06. The lowest BCUT2D eigenvalue weighted by atomic mass is 9.93. The summed E-state index contributed by atoms with van der Waals surface area (Å²) in [6.45, 7) is 0.684. The van der Waals surface area contributed by atoms with Gasteiger partial charge in [0, 0.05) is 16.9 Å². The zero-order valence-corrected chi connectivity index (χ0v) is 13.3. The zero-order chi connectivity index (χ0) is 14.3. The fourth-order valence-electron chi connectivity index (χ4n) is 2.93. The lowest BCUT2D eigenvalue weighted by Gasteiger charge is -2.21. The molecule has 108 valence electrons. The molecule has 2 heterocycles. The predicted octanol–water partition coefficient (Wildman–Crippen LogP) is 1.84. The second-order valence-corrected chi connectivity index (χ2v) is 8.70. The Kier molecular flexibility index (Phi) is 3.62. The maximum absolute atomic E-state index is 11.9. The van der Waals surface area contributed by atoms with E-state index in [2.05, 4.69) is 21.2 Å². The summed E-state index contributed by atoms with van der Waals surface area (Å²) >= 11 is 3.62. The van der Waals surface area contributed by atoms with Gasteiger partial charge in [0.15, 0.2) is 9.84 Å². The average Bonchev–Trinajstić information content (AvgIpc) is 2.78. The van der Waals surface area contributed by atoms with Crippen LogP contribution in [0.2, 0.25) is 0 Å². The highest BCUT2D eigenvalue weighted by Gasteiger charge is 2.33. The Labute approximate surface area is 127 Å². The molecule has 1 saturated heterocycles. The summed E-state index contributed by atoms with van der Waals surface area (Å²) in [6.07, 6.45) is 1.54. The van der Waals surface area contributed by atoms with E-state index >= 15 is 0 Å². The third kappa shape index (κ3) is 2.63. The van der Waals surface area contributed by atoms with E-state index in [1.807, 2.05) is 18.2 Å². The molecule has 3 rings (SSSR count). The van der Waals surface area contributed by atoms with Crippen LogP contribution in [0.1, 0.15) is 32.7 Å². The highest BCUT2D eigenvalue weighted by Crippen LogP contribution is 2.38. The summed E-state index contributed by atoms with van der Waals surface area (Å²) in [6, 6.07) is 5.89. The van der Waals surface area contributed by atoms with Crippen LogP contribution in [0.4, 0.5) is 0 Å². The van der Waals surface area contributed by atoms with Crippen LogP contribution >= 0.6 is 15.9 Å². The lowest BCUT2D eigenvalue weighted by molar-refractivity contribution is 0.0946. The summed E-state index contributed by atoms with van der Waals surface area (Å²) in [4.78, 5) is 11.8. The SMILES string of the molecule is O=C1NCCc2ccc(C(Br)C3CCS(=O)(=O)C3)cc21. The minimum absolute atomic E-state index is 0.0141. The quantitative estimate of drug-likeness (QED) is 0.821. The molecule has 0 radical (unpaired) electrons. The van der Waals surface area contributed by atoms with Gasteiger partial charge in [0.05, 0.1) is 11.5 Å². The molecule has 20 heavy (non-hydrogen) atoms. The van der Waals surface area contributed by atoms with Crippen LogP contribution in [0.25, 0.3) is 0 Å². The molecule has 2 aliphatic rings. The summed E-state index contributed by atoms with van der Waals surface area (Å²) in [5, 5.41) is 2.84. The second-order valence-electron chi connectivity index (χ2n) is 5.49. The first-order valence-corrected chi connectivity index (χ1v) is 9.45. The minimum atomic E-state index is -2.89. The van der Waals surface area contributed by atoms with Gasteiger partial charge in [-0.25, -0.2) is 8.42 Å². The van der Waals surface area contributed by atoms with Crippen molar-refractivity contribution in [1.82, 2.24) is 5.32 Å². The molecular weight excluding hydrogens is 342 g/mol. The van der Waals surface area contributed by atoms with Crippen molar-refractivity contribution < 1.29 is 13.2 Å². The van der Waals surface area contributed by atoms with E-state index in [-0.39, 0.29) is 28.2 Å². The first-order chi connectivity index (χ1) is 9.46. The van der Waals surface area contributed by atoms with Crippen molar-refractivity contribution in [3.05, 3.63) is 34.9 Å². The maximum Gasteiger partial charge on any atom is 0.251 e. The number of nitrogens with one attached hydrogen (secondary N) is 1. The van der Waals surface area contributed by atoms with Crippen LogP contribution in [0.3, 0.4) is 0 Å². The van der Waals surface area contributed by atoms with E-state index in [0.717, 1.165) is 23.1 Å². The first-order valence-electron chi connectivity index (χ1n) is 6.72. The van der Waals surface area contributed by atoms with Crippen molar-refractivity contribution in [1.29, 1.82) is 0 Å². The summed E-state index contributed by atoms with van der Waals surface area (Å²) in [5.74, 6) is 0.550. The van der Waals surface area contributed by atoms with E-state index in [9.17, 15) is 13.2 Å². The Morgan fingerprint density at radius 3 is 2.85 bits per heavy atom. The molecule has 1 N–H and O–H groups in total. The predicted molar refractivity (Wildman–Crippen MR) is 80.9 cm³/mol. The highest BCUT2D eigenvalue weighted by molar-refractivity contribution is 9.09. The first kappa shape index (κ1) is 14.1. The van der Waals surface area contributed by atoms with Crippen LogP contribution in [0.5, 0.6) is 0 Å². The average molecular weight is 358 g/mol. The Balaban J connectivity index is 1.87. The molecule has 2 aliphatic heterocycles. The smallest absolute Gasteiger partial charge is 0.251 e. The number of carbonyl (C=O) groups excluding carboxylic acids is 1. The van der Waals surface area contributed by atoms with Gasteiger partial charge in [-0.2, -0.15) is 0 Å². The van der Waals surface area contributed by atoms with Crippen LogP contribution in [-0.2, 0) is 16.3 Å². The van der Waals surface area contributed by atoms with Crippen LogP contribution in [-0.4, -0.2) is 32.4 Å². The Hall–Kier alpha value is -0.880. The standard InChI is InChI=1S/C14H16BrNO3S/c15-13(11-4-6-20(18,19)8-11)10-2-1-9-3-5-16-14(17)12(9)7-10/h1-2,7,11,13H,3-6,8H2,(H,16,17). The molecule has 2 unspecified atom stereocenters. The van der Waals surface area contributed by atoms with Crippen molar-refractivity contribution in [2.75, 3.05) is 18.1 Å². The van der Waals surface area contributed by atoms with E-state index in [1.165, 1.54) is 0 Å². The number of rotatable bonds is 2. The van der Waals surface area contributed by atoms with Gasteiger partial charge in [-0.05, 0) is 36.0 Å². The zero-order valence-electron chi connectivity index (χ0n) is 10.9. The number of halogens is 1. The molecule has 1 aromatic rings. The molecule has 0 saturated carbocycles. The van der Waals surface area contributed by atoms with Crippen molar-refractivity contribution >= 4 is 31.7 Å². The molecule has 1 fully saturated rings. The molecule has 1 aromatic carbocycles. The number of hydrogen-bond acceptors (Lipinski definition) is 3. The molecule has 0 aliphatic carbocycles. The van der Waals surface area contributed by atoms with Crippen LogP contribution in [0.15, 0.2) is 18.2 Å². The molecule has 1 amide bonds. The van der Waals surface area contributed by atoms with Crippen molar-refractivity contribution in [3.63, 3.8) is 0 Å². The highest BCUT2D eigenvalue weighted by atomic mass is 79.9. The monoisotopic (exact) mass is 357 g/mol. The summed E-state index contributed by atoms with van der Waals surface area (Å²) in [5.41, 5.74) is 2.78. The van der Waals surface area contributed by atoms with Gasteiger partial charge in [-0.1, -0.05) is 28.1 Å². The van der Waals surface area contributed by atoms with Crippen LogP contribution in [0, 0.1) is 5.92 Å². The van der Waals surface area contributed by atoms with Crippen molar-refractivity contribution in [2.24, 2.45) is 5.92 Å². The number of alkyl halides is 1. The van der Waals surface area contributed by atoms with Crippen molar-refractivity contribution in [2.45, 2.75) is 17.7 Å². The fraction of sp³-hybridized carbons (Fsp3) is 0.500. The molecule has 6 heteroatoms. The van der Waals surface area contributed by atoms with E-state index in [1.54, 1.807) is 0 Å². The fourth-order valence-corrected chi connectivity index (χ4v) is 5.75. The minimum Gasteiger partial charge on any atom is -0.352 e. The Morgan fingerprint density at radius 2 is 2.15 bits per heavy atom. The lowest BCUT2D eigenvalue weighted by Crippen LogP contribution is -2.31. The summed E-state index contributed by atoms with van der Waals surface area (Å²) < 4.78 is 23.2. The molecule has 0 bridgehead atoms. The van der Waals surface area contributed by atoms with E-state index in [4.69, 9.17) is 0 Å². The molecule has 2 atom stereocenters. The van der Waals surface area contributed by atoms with Gasteiger partial charge in [0.2, 0.25) is 0 Å². The van der Waals surface area contributed by atoms with Gasteiger partial charge < -0.3 is 5.32 Å². The number of fused-ring (bicyclic) bond motifs is 1. The molecule has 4 nitrogen and oxygen atoms in total. The maximum atomic E-state index is 11.9. The topological polar surface area (TPSA) is 63.2 Å². The van der Waals surface area contributed by atoms with Crippen LogP contribution < -0.4 is 5.32 Å². The summed E-state index contributed by atoms with van der Waals surface area (Å²) in [7, 11) is -2.89. The Morgan fingerprint density at radius 1 is 1.35 bits per heavy atom. The van der Waals surface area contributed by atoms with Gasteiger partial charge in [0.1, 0.15) is 0 Å². The normalized spacial score (nSPS) is 25.9. The van der Waals surface area contributed by atoms with Gasteiger partial charge in [0.25, 0.3) is 5.91 Å².